The molecule has 2 atom stereocenters. The van der Waals surface area contributed by atoms with E-state index in [1.807, 2.05) is 51.1 Å². The van der Waals surface area contributed by atoms with Gasteiger partial charge in [-0.2, -0.15) is 0 Å². The lowest BCUT2D eigenvalue weighted by molar-refractivity contribution is -0.123. The van der Waals surface area contributed by atoms with Crippen molar-refractivity contribution in [2.75, 3.05) is 0 Å². The maximum atomic E-state index is 11.7. The first-order chi connectivity index (χ1) is 7.52. The molecule has 0 spiro atoms. The van der Waals surface area contributed by atoms with E-state index in [2.05, 4.69) is 5.32 Å². The average Bonchev–Trinajstić information content (AvgIpc) is 2.28. The number of hydrogen-bond acceptors (Lipinski definition) is 2. The monoisotopic (exact) mass is 220 g/mol. The van der Waals surface area contributed by atoms with E-state index in [0.29, 0.717) is 0 Å². The third kappa shape index (κ3) is 3.35. The van der Waals surface area contributed by atoms with Gasteiger partial charge in [-0.25, -0.2) is 0 Å². The zero-order valence-electron chi connectivity index (χ0n) is 10.1. The summed E-state index contributed by atoms with van der Waals surface area (Å²) in [5, 5.41) is 2.91. The molecular weight excluding hydrogens is 200 g/mol. The first kappa shape index (κ1) is 12.7. The van der Waals surface area contributed by atoms with Crippen molar-refractivity contribution in [1.82, 2.24) is 5.32 Å². The Labute approximate surface area is 97.0 Å². The highest BCUT2D eigenvalue weighted by Crippen LogP contribution is 2.11. The predicted molar refractivity (Wildman–Crippen MR) is 65.8 cm³/mol. The number of amides is 1. The normalized spacial score (nSPS) is 14.6. The third-order valence-corrected chi connectivity index (χ3v) is 2.68. The molecule has 3 nitrogen and oxygen atoms in total. The summed E-state index contributed by atoms with van der Waals surface area (Å²) >= 11 is 0. The highest BCUT2D eigenvalue weighted by Gasteiger charge is 2.19. The molecule has 0 aliphatic rings. The van der Waals surface area contributed by atoms with E-state index in [4.69, 9.17) is 5.73 Å². The number of carbonyl (C=O) groups excluding carboxylic acids is 1. The van der Waals surface area contributed by atoms with Crippen molar-refractivity contribution in [3.05, 3.63) is 35.9 Å². The van der Waals surface area contributed by atoms with Crippen LogP contribution in [0.5, 0.6) is 0 Å². The maximum Gasteiger partial charge on any atom is 0.237 e. The van der Waals surface area contributed by atoms with Crippen LogP contribution in [-0.4, -0.2) is 11.9 Å². The lowest BCUT2D eigenvalue weighted by atomic mass is 10.0. The van der Waals surface area contributed by atoms with Crippen molar-refractivity contribution in [3.8, 4) is 0 Å². The van der Waals surface area contributed by atoms with Gasteiger partial charge in [0.05, 0.1) is 12.1 Å². The van der Waals surface area contributed by atoms with Crippen LogP contribution in [-0.2, 0) is 4.79 Å². The van der Waals surface area contributed by atoms with Crippen LogP contribution in [0.1, 0.15) is 32.4 Å². The van der Waals surface area contributed by atoms with E-state index in [9.17, 15) is 4.79 Å². The summed E-state index contributed by atoms with van der Waals surface area (Å²) in [4.78, 5) is 11.7. The first-order valence-electron chi connectivity index (χ1n) is 5.63. The average molecular weight is 220 g/mol. The largest absolute Gasteiger partial charge is 0.348 e. The molecule has 3 N–H and O–H groups in total. The van der Waals surface area contributed by atoms with Gasteiger partial charge in [-0.1, -0.05) is 44.2 Å². The molecule has 16 heavy (non-hydrogen) atoms. The van der Waals surface area contributed by atoms with E-state index in [1.165, 1.54) is 0 Å². The molecule has 1 amide bonds. The number of hydrogen-bond donors (Lipinski definition) is 2. The van der Waals surface area contributed by atoms with Gasteiger partial charge in [0.2, 0.25) is 5.91 Å². The summed E-state index contributed by atoms with van der Waals surface area (Å²) < 4.78 is 0. The van der Waals surface area contributed by atoms with E-state index in [-0.39, 0.29) is 17.9 Å². The van der Waals surface area contributed by atoms with Gasteiger partial charge in [-0.05, 0) is 18.4 Å². The Morgan fingerprint density at radius 1 is 1.19 bits per heavy atom. The van der Waals surface area contributed by atoms with Crippen LogP contribution in [0, 0.1) is 5.92 Å². The van der Waals surface area contributed by atoms with E-state index < -0.39 is 6.04 Å². The molecule has 1 aromatic carbocycles. The van der Waals surface area contributed by atoms with Crippen LogP contribution < -0.4 is 11.1 Å². The summed E-state index contributed by atoms with van der Waals surface area (Å²) in [6.07, 6.45) is 0. The molecule has 1 unspecified atom stereocenters. The highest BCUT2D eigenvalue weighted by atomic mass is 16.2. The second-order valence-corrected chi connectivity index (χ2v) is 4.41. The predicted octanol–water partition coefficient (Wildman–Crippen LogP) is 1.85. The second-order valence-electron chi connectivity index (χ2n) is 4.41. The molecule has 0 saturated heterocycles. The molecule has 0 fully saturated rings. The van der Waals surface area contributed by atoms with Crippen molar-refractivity contribution >= 4 is 5.91 Å². The van der Waals surface area contributed by atoms with Crippen LogP contribution in [0.4, 0.5) is 0 Å². The minimum atomic E-state index is -0.439. The lowest BCUT2D eigenvalue weighted by Crippen LogP contribution is -2.44. The third-order valence-electron chi connectivity index (χ3n) is 2.68. The molecular formula is C13H20N2O. The van der Waals surface area contributed by atoms with Crippen molar-refractivity contribution in [3.63, 3.8) is 0 Å². The van der Waals surface area contributed by atoms with Gasteiger partial charge in [0.25, 0.3) is 0 Å². The Bertz CT molecular complexity index is 335. The van der Waals surface area contributed by atoms with Gasteiger partial charge in [-0.15, -0.1) is 0 Å². The topological polar surface area (TPSA) is 55.1 Å². The Morgan fingerprint density at radius 2 is 1.75 bits per heavy atom. The number of carbonyl (C=O) groups is 1. The molecule has 0 aliphatic heterocycles. The van der Waals surface area contributed by atoms with Gasteiger partial charge in [0.15, 0.2) is 0 Å². The summed E-state index contributed by atoms with van der Waals surface area (Å²) in [6.45, 7) is 5.84. The standard InChI is InChI=1S/C13H20N2O/c1-9(2)12(14)13(16)15-10(3)11-7-5-4-6-8-11/h4-10,12H,14H2,1-3H3,(H,15,16)/t10-,12?/m0/s1. The SMILES string of the molecule is CC(C)C(N)C(=O)N[C@@H](C)c1ccccc1. The zero-order chi connectivity index (χ0) is 12.1. The van der Waals surface area contributed by atoms with Gasteiger partial charge in [0.1, 0.15) is 0 Å². The molecule has 0 radical (unpaired) electrons. The Kier molecular flexibility index (Phi) is 4.50. The van der Waals surface area contributed by atoms with Crippen LogP contribution in [0.3, 0.4) is 0 Å². The summed E-state index contributed by atoms with van der Waals surface area (Å²) in [6, 6.07) is 9.42. The van der Waals surface area contributed by atoms with E-state index in [1.54, 1.807) is 0 Å². The summed E-state index contributed by atoms with van der Waals surface area (Å²) in [7, 11) is 0. The molecule has 0 aromatic heterocycles. The number of rotatable bonds is 4. The zero-order valence-corrected chi connectivity index (χ0v) is 10.1. The molecule has 0 bridgehead atoms. The summed E-state index contributed by atoms with van der Waals surface area (Å²) in [5.74, 6) is 0.0642. The molecule has 1 aromatic rings. The first-order valence-corrected chi connectivity index (χ1v) is 5.63. The van der Waals surface area contributed by atoms with Gasteiger partial charge in [0, 0.05) is 0 Å². The Morgan fingerprint density at radius 3 is 2.25 bits per heavy atom. The molecule has 0 saturated carbocycles. The van der Waals surface area contributed by atoms with Gasteiger partial charge < -0.3 is 11.1 Å². The van der Waals surface area contributed by atoms with E-state index in [0.717, 1.165) is 5.56 Å². The summed E-state index contributed by atoms with van der Waals surface area (Å²) in [5.41, 5.74) is 6.86. The van der Waals surface area contributed by atoms with E-state index >= 15 is 0 Å². The smallest absolute Gasteiger partial charge is 0.237 e. The fraction of sp³-hybridized carbons (Fsp3) is 0.462. The minimum Gasteiger partial charge on any atom is -0.348 e. The molecule has 1 rings (SSSR count). The van der Waals surface area contributed by atoms with Gasteiger partial charge >= 0.3 is 0 Å². The lowest BCUT2D eigenvalue weighted by Gasteiger charge is -2.19. The fourth-order valence-corrected chi connectivity index (χ4v) is 1.44. The fourth-order valence-electron chi connectivity index (χ4n) is 1.44. The second kappa shape index (κ2) is 5.66. The van der Waals surface area contributed by atoms with Crippen molar-refractivity contribution < 1.29 is 4.79 Å². The van der Waals surface area contributed by atoms with Crippen molar-refractivity contribution in [2.45, 2.75) is 32.9 Å². The van der Waals surface area contributed by atoms with Crippen LogP contribution in [0.25, 0.3) is 0 Å². The number of nitrogens with one attached hydrogen (secondary N) is 1. The molecule has 3 heteroatoms. The Hall–Kier alpha value is -1.35. The molecule has 88 valence electrons. The highest BCUT2D eigenvalue weighted by molar-refractivity contribution is 5.82. The Balaban J connectivity index is 2.58. The van der Waals surface area contributed by atoms with Crippen LogP contribution >= 0.6 is 0 Å². The minimum absolute atomic E-state index is 0.00139. The molecule has 0 heterocycles. The van der Waals surface area contributed by atoms with Crippen molar-refractivity contribution in [1.29, 1.82) is 0 Å². The molecule has 0 aliphatic carbocycles. The number of nitrogens with two attached hydrogens (primary N) is 1. The van der Waals surface area contributed by atoms with Crippen molar-refractivity contribution in [2.24, 2.45) is 11.7 Å². The van der Waals surface area contributed by atoms with Crippen LogP contribution in [0.2, 0.25) is 0 Å². The maximum absolute atomic E-state index is 11.7. The van der Waals surface area contributed by atoms with Gasteiger partial charge in [-0.3, -0.25) is 4.79 Å². The number of benzene rings is 1. The van der Waals surface area contributed by atoms with Crippen LogP contribution in [0.15, 0.2) is 30.3 Å². The quantitative estimate of drug-likeness (QED) is 0.813.